The van der Waals surface area contributed by atoms with E-state index < -0.39 is 0 Å². The van der Waals surface area contributed by atoms with E-state index in [1.165, 1.54) is 69.8 Å². The van der Waals surface area contributed by atoms with Crippen LogP contribution in [0.5, 0.6) is 0 Å². The van der Waals surface area contributed by atoms with Gasteiger partial charge in [-0.1, -0.05) is 88.7 Å². The molecule has 0 unspecified atom stereocenters. The summed E-state index contributed by atoms with van der Waals surface area (Å²) in [5, 5.41) is 0. The zero-order valence-electron chi connectivity index (χ0n) is 13.2. The molecule has 2 aliphatic rings. The largest absolute Gasteiger partial charge is 0.0768 e. The molecule has 1 heteroatoms. The predicted molar refractivity (Wildman–Crippen MR) is 96.1 cm³/mol. The highest BCUT2D eigenvalue weighted by Gasteiger charge is 2.29. The molecule has 114 valence electrons. The summed E-state index contributed by atoms with van der Waals surface area (Å²) in [6, 6.07) is 10.9. The summed E-state index contributed by atoms with van der Waals surface area (Å²) in [6.45, 7) is 0. The normalized spacial score (nSPS) is 22.1. The first-order valence-electron chi connectivity index (χ1n) is 8.94. The standard InChI is InChI=1S/C20H29P/c1-4-10-18(11-5-1)16-17-21(19-12-6-2-7-13-19)20-14-8-3-9-15-20/h1,4-5,10-11,16-17,19-20H,2-3,6-9,12-15H2. The van der Waals surface area contributed by atoms with Gasteiger partial charge in [0.1, 0.15) is 0 Å². The van der Waals surface area contributed by atoms with Gasteiger partial charge in [-0.05, 0) is 42.6 Å². The van der Waals surface area contributed by atoms with Crippen molar-refractivity contribution in [3.05, 3.63) is 41.7 Å². The van der Waals surface area contributed by atoms with Gasteiger partial charge in [-0.25, -0.2) is 0 Å². The molecule has 0 heterocycles. The molecule has 2 saturated carbocycles. The van der Waals surface area contributed by atoms with Crippen LogP contribution < -0.4 is 0 Å². The highest BCUT2D eigenvalue weighted by atomic mass is 31.1. The van der Waals surface area contributed by atoms with E-state index in [1.807, 2.05) is 0 Å². The molecule has 0 N–H and O–H groups in total. The Morgan fingerprint density at radius 3 is 1.76 bits per heavy atom. The summed E-state index contributed by atoms with van der Waals surface area (Å²) in [5.41, 5.74) is 3.44. The first-order chi connectivity index (χ1) is 10.4. The Hall–Kier alpha value is -0.610. The smallest absolute Gasteiger partial charge is 0.0172 e. The van der Waals surface area contributed by atoms with Gasteiger partial charge in [0.05, 0.1) is 0 Å². The van der Waals surface area contributed by atoms with Crippen molar-refractivity contribution in [1.29, 1.82) is 0 Å². The molecule has 0 aliphatic heterocycles. The van der Waals surface area contributed by atoms with Gasteiger partial charge >= 0.3 is 0 Å². The molecule has 0 radical (unpaired) electrons. The van der Waals surface area contributed by atoms with Crippen molar-refractivity contribution in [3.8, 4) is 0 Å². The molecule has 0 aromatic heterocycles. The second kappa shape index (κ2) is 8.14. The van der Waals surface area contributed by atoms with Crippen molar-refractivity contribution in [3.63, 3.8) is 0 Å². The van der Waals surface area contributed by atoms with Crippen LogP contribution in [-0.2, 0) is 0 Å². The van der Waals surface area contributed by atoms with Gasteiger partial charge in [0, 0.05) is 0 Å². The fraction of sp³-hybridized carbons (Fsp3) is 0.600. The first kappa shape index (κ1) is 15.3. The average molecular weight is 300 g/mol. The summed E-state index contributed by atoms with van der Waals surface area (Å²) in [4.78, 5) is 0. The molecule has 21 heavy (non-hydrogen) atoms. The van der Waals surface area contributed by atoms with Crippen molar-refractivity contribution in [1.82, 2.24) is 0 Å². The van der Waals surface area contributed by atoms with Crippen LogP contribution in [0.4, 0.5) is 0 Å². The SMILES string of the molecule is C(=CP(C1CCCCC1)C1CCCCC1)c1ccccc1. The molecule has 1 aromatic carbocycles. The van der Waals surface area contributed by atoms with Crippen LogP contribution in [0.3, 0.4) is 0 Å². The van der Waals surface area contributed by atoms with Crippen molar-refractivity contribution in [2.75, 3.05) is 0 Å². The van der Waals surface area contributed by atoms with E-state index in [0.29, 0.717) is 0 Å². The number of hydrogen-bond donors (Lipinski definition) is 0. The third kappa shape index (κ3) is 4.43. The highest BCUT2D eigenvalue weighted by Crippen LogP contribution is 2.56. The van der Waals surface area contributed by atoms with Crippen LogP contribution in [0.2, 0.25) is 0 Å². The maximum atomic E-state index is 2.65. The van der Waals surface area contributed by atoms with Crippen LogP contribution in [0.25, 0.3) is 6.08 Å². The van der Waals surface area contributed by atoms with Crippen molar-refractivity contribution < 1.29 is 0 Å². The highest BCUT2D eigenvalue weighted by molar-refractivity contribution is 7.62. The maximum Gasteiger partial charge on any atom is -0.0172 e. The lowest BCUT2D eigenvalue weighted by Crippen LogP contribution is -2.19. The molecular formula is C20H29P. The molecule has 0 atom stereocenters. The monoisotopic (exact) mass is 300 g/mol. The lowest BCUT2D eigenvalue weighted by molar-refractivity contribution is 0.487. The van der Waals surface area contributed by atoms with Gasteiger partial charge in [0.15, 0.2) is 0 Å². The third-order valence-corrected chi connectivity index (χ3v) is 8.44. The second-order valence-electron chi connectivity index (χ2n) is 6.76. The van der Waals surface area contributed by atoms with Crippen LogP contribution in [-0.4, -0.2) is 11.3 Å². The summed E-state index contributed by atoms with van der Waals surface area (Å²) < 4.78 is 0. The van der Waals surface area contributed by atoms with E-state index in [4.69, 9.17) is 0 Å². The zero-order chi connectivity index (χ0) is 14.3. The van der Waals surface area contributed by atoms with Crippen molar-refractivity contribution in [2.24, 2.45) is 0 Å². The van der Waals surface area contributed by atoms with Gasteiger partial charge in [0.25, 0.3) is 0 Å². The first-order valence-corrected chi connectivity index (χ1v) is 10.5. The molecule has 0 spiro atoms. The van der Waals surface area contributed by atoms with Gasteiger partial charge in [-0.2, -0.15) is 0 Å². The number of hydrogen-bond acceptors (Lipinski definition) is 0. The Labute approximate surface area is 131 Å². The van der Waals surface area contributed by atoms with Gasteiger partial charge in [-0.15, -0.1) is 0 Å². The second-order valence-corrected chi connectivity index (χ2v) is 9.41. The molecule has 0 saturated heterocycles. The molecule has 1 aromatic rings. The molecule has 0 bridgehead atoms. The van der Waals surface area contributed by atoms with Crippen LogP contribution in [0.15, 0.2) is 36.1 Å². The van der Waals surface area contributed by atoms with Crippen molar-refractivity contribution >= 4 is 14.0 Å². The van der Waals surface area contributed by atoms with E-state index in [9.17, 15) is 0 Å². The Morgan fingerprint density at radius 2 is 1.24 bits per heavy atom. The topological polar surface area (TPSA) is 0 Å². The fourth-order valence-electron chi connectivity index (χ4n) is 4.04. The van der Waals surface area contributed by atoms with Crippen LogP contribution >= 0.6 is 7.92 Å². The molecule has 0 nitrogen and oxygen atoms in total. The molecular weight excluding hydrogens is 271 g/mol. The van der Waals surface area contributed by atoms with E-state index >= 15 is 0 Å². The van der Waals surface area contributed by atoms with Crippen LogP contribution in [0.1, 0.15) is 69.8 Å². The average Bonchev–Trinajstić information content (AvgIpc) is 2.58. The number of benzene rings is 1. The Morgan fingerprint density at radius 1 is 0.714 bits per heavy atom. The minimum Gasteiger partial charge on any atom is -0.0768 e. The number of rotatable bonds is 4. The van der Waals surface area contributed by atoms with E-state index in [-0.39, 0.29) is 7.92 Å². The summed E-state index contributed by atoms with van der Waals surface area (Å²) in [5.74, 6) is 2.65. The lowest BCUT2D eigenvalue weighted by Gasteiger charge is -2.36. The summed E-state index contributed by atoms with van der Waals surface area (Å²) in [7, 11) is 0.0988. The minimum absolute atomic E-state index is 0.0988. The molecule has 2 fully saturated rings. The van der Waals surface area contributed by atoms with Crippen LogP contribution in [0, 0.1) is 0 Å². The molecule has 0 amide bonds. The quantitative estimate of drug-likeness (QED) is 0.536. The summed E-state index contributed by atoms with van der Waals surface area (Å²) >= 11 is 0. The maximum absolute atomic E-state index is 2.65. The summed E-state index contributed by atoms with van der Waals surface area (Å²) in [6.07, 6.45) is 17.3. The molecule has 3 rings (SSSR count). The van der Waals surface area contributed by atoms with Gasteiger partial charge in [-0.3, -0.25) is 0 Å². The predicted octanol–water partition coefficient (Wildman–Crippen LogP) is 6.80. The lowest BCUT2D eigenvalue weighted by atomic mass is 9.99. The Balaban J connectivity index is 1.72. The van der Waals surface area contributed by atoms with Crippen molar-refractivity contribution in [2.45, 2.75) is 75.5 Å². The van der Waals surface area contributed by atoms with E-state index in [1.54, 1.807) is 0 Å². The molecule has 2 aliphatic carbocycles. The minimum atomic E-state index is 0.0988. The van der Waals surface area contributed by atoms with E-state index in [2.05, 4.69) is 42.2 Å². The van der Waals surface area contributed by atoms with E-state index in [0.717, 1.165) is 11.3 Å². The Bertz CT molecular complexity index is 406. The van der Waals surface area contributed by atoms with Gasteiger partial charge in [0.2, 0.25) is 0 Å². The van der Waals surface area contributed by atoms with Gasteiger partial charge < -0.3 is 0 Å². The zero-order valence-corrected chi connectivity index (χ0v) is 14.1. The Kier molecular flexibility index (Phi) is 5.92. The fourth-order valence-corrected chi connectivity index (χ4v) is 7.39. The third-order valence-electron chi connectivity index (χ3n) is 5.23.